The molecule has 0 aromatic rings. The first-order valence-electron chi connectivity index (χ1n) is 3.79. The van der Waals surface area contributed by atoms with Crippen molar-refractivity contribution in [3.63, 3.8) is 0 Å². The second-order valence-electron chi connectivity index (χ2n) is 3.65. The van der Waals surface area contributed by atoms with Crippen LogP contribution in [0.15, 0.2) is 0 Å². The van der Waals surface area contributed by atoms with E-state index in [1.165, 1.54) is 13.8 Å². The standard InChI is InChI=1S/C7H13BO4/c1-6(3-9)4(10)5(11)7(2,8)12-6/h4-5,9-11H,3H2,1-2H3. The SMILES string of the molecule is [B]C1(C)OC(C)(CO)C(O)C1O. The molecule has 2 radical (unpaired) electrons. The van der Waals surface area contributed by atoms with Gasteiger partial charge < -0.3 is 20.1 Å². The number of ether oxygens (including phenoxy) is 1. The molecule has 4 unspecified atom stereocenters. The molecule has 1 fully saturated rings. The van der Waals surface area contributed by atoms with Gasteiger partial charge in [0.1, 0.15) is 25.7 Å². The molecule has 0 aromatic heterocycles. The van der Waals surface area contributed by atoms with Crippen molar-refractivity contribution in [1.82, 2.24) is 0 Å². The summed E-state index contributed by atoms with van der Waals surface area (Å²) in [7, 11) is 5.52. The number of hydrogen-bond donors (Lipinski definition) is 3. The monoisotopic (exact) mass is 172 g/mol. The number of aliphatic hydroxyl groups is 3. The fourth-order valence-corrected chi connectivity index (χ4v) is 1.40. The van der Waals surface area contributed by atoms with Crippen LogP contribution in [0, 0.1) is 0 Å². The third-order valence-electron chi connectivity index (χ3n) is 2.28. The lowest BCUT2D eigenvalue weighted by Crippen LogP contribution is -2.44. The third kappa shape index (κ3) is 1.27. The fourth-order valence-electron chi connectivity index (χ4n) is 1.40. The molecule has 0 aliphatic carbocycles. The minimum Gasteiger partial charge on any atom is -0.393 e. The third-order valence-corrected chi connectivity index (χ3v) is 2.28. The zero-order valence-corrected chi connectivity index (χ0v) is 7.19. The van der Waals surface area contributed by atoms with Crippen LogP contribution in [0.1, 0.15) is 13.8 Å². The van der Waals surface area contributed by atoms with E-state index in [0.717, 1.165) is 0 Å². The van der Waals surface area contributed by atoms with E-state index in [1.54, 1.807) is 0 Å². The Kier molecular flexibility index (Phi) is 2.25. The van der Waals surface area contributed by atoms with Gasteiger partial charge in [-0.05, 0) is 13.8 Å². The molecule has 0 saturated carbocycles. The van der Waals surface area contributed by atoms with Gasteiger partial charge in [0.05, 0.1) is 12.1 Å². The molecule has 3 N–H and O–H groups in total. The van der Waals surface area contributed by atoms with Gasteiger partial charge in [-0.25, -0.2) is 0 Å². The topological polar surface area (TPSA) is 69.9 Å². The van der Waals surface area contributed by atoms with Crippen LogP contribution in [0.4, 0.5) is 0 Å². The molecule has 0 bridgehead atoms. The average Bonchev–Trinajstić information content (AvgIpc) is 2.13. The molecule has 12 heavy (non-hydrogen) atoms. The van der Waals surface area contributed by atoms with Crippen LogP contribution in [0.5, 0.6) is 0 Å². The molecule has 1 saturated heterocycles. The molecule has 5 heteroatoms. The van der Waals surface area contributed by atoms with Crippen molar-refractivity contribution >= 4 is 7.85 Å². The summed E-state index contributed by atoms with van der Waals surface area (Å²) in [5.74, 6) is 0. The van der Waals surface area contributed by atoms with Gasteiger partial charge in [0.15, 0.2) is 0 Å². The Balaban J connectivity index is 2.88. The summed E-state index contributed by atoms with van der Waals surface area (Å²) < 4.78 is 5.14. The summed E-state index contributed by atoms with van der Waals surface area (Å²) in [6.07, 6.45) is -2.33. The van der Waals surface area contributed by atoms with Gasteiger partial charge in [0.25, 0.3) is 0 Å². The Bertz CT molecular complexity index is 184. The van der Waals surface area contributed by atoms with Crippen molar-refractivity contribution < 1.29 is 20.1 Å². The molecule has 0 aromatic carbocycles. The zero-order valence-electron chi connectivity index (χ0n) is 7.19. The van der Waals surface area contributed by atoms with Crippen molar-refractivity contribution in [2.75, 3.05) is 6.61 Å². The summed E-state index contributed by atoms with van der Waals surface area (Å²) in [6, 6.07) is 0. The normalized spacial score (nSPS) is 54.4. The lowest BCUT2D eigenvalue weighted by atomic mass is 9.78. The smallest absolute Gasteiger partial charge is 0.117 e. The molecule has 1 aliphatic rings. The van der Waals surface area contributed by atoms with E-state index in [1.807, 2.05) is 0 Å². The molecular formula is C7H13BO4. The largest absolute Gasteiger partial charge is 0.393 e. The molecule has 4 atom stereocenters. The number of hydrogen-bond acceptors (Lipinski definition) is 4. The van der Waals surface area contributed by atoms with Crippen LogP contribution in [-0.4, -0.2) is 53.1 Å². The first-order valence-corrected chi connectivity index (χ1v) is 3.79. The maximum atomic E-state index is 9.44. The maximum absolute atomic E-state index is 9.44. The van der Waals surface area contributed by atoms with E-state index in [0.29, 0.717) is 0 Å². The Labute approximate surface area is 72.6 Å². The Hall–Kier alpha value is -0.0951. The van der Waals surface area contributed by atoms with Gasteiger partial charge in [-0.15, -0.1) is 0 Å². The Morgan fingerprint density at radius 2 is 1.83 bits per heavy atom. The highest BCUT2D eigenvalue weighted by Gasteiger charge is 2.54. The zero-order chi connectivity index (χ0) is 9.57. The molecule has 1 rings (SSSR count). The van der Waals surface area contributed by atoms with E-state index in [4.69, 9.17) is 17.7 Å². The molecule has 1 aliphatic heterocycles. The summed E-state index contributed by atoms with van der Waals surface area (Å²) in [4.78, 5) is 0. The molecule has 68 valence electrons. The summed E-state index contributed by atoms with van der Waals surface area (Å²) >= 11 is 0. The average molecular weight is 172 g/mol. The Morgan fingerprint density at radius 3 is 2.00 bits per heavy atom. The van der Waals surface area contributed by atoms with Crippen molar-refractivity contribution in [1.29, 1.82) is 0 Å². The van der Waals surface area contributed by atoms with Gasteiger partial charge in [-0.3, -0.25) is 0 Å². The van der Waals surface area contributed by atoms with Crippen LogP contribution < -0.4 is 0 Å². The highest BCUT2D eigenvalue weighted by Crippen LogP contribution is 2.35. The van der Waals surface area contributed by atoms with E-state index < -0.39 is 23.3 Å². The maximum Gasteiger partial charge on any atom is 0.117 e. The predicted octanol–water partition coefficient (Wildman–Crippen LogP) is -1.63. The van der Waals surface area contributed by atoms with Crippen molar-refractivity contribution in [2.45, 2.75) is 37.2 Å². The molecule has 4 nitrogen and oxygen atoms in total. The van der Waals surface area contributed by atoms with Crippen LogP contribution in [0.25, 0.3) is 0 Å². The van der Waals surface area contributed by atoms with Crippen molar-refractivity contribution in [3.8, 4) is 0 Å². The lowest BCUT2D eigenvalue weighted by Gasteiger charge is -2.26. The van der Waals surface area contributed by atoms with Crippen LogP contribution in [-0.2, 0) is 4.74 Å². The van der Waals surface area contributed by atoms with E-state index in [9.17, 15) is 10.2 Å². The highest BCUT2D eigenvalue weighted by molar-refractivity contribution is 6.15. The first-order chi connectivity index (χ1) is 5.33. The second kappa shape index (κ2) is 2.70. The van der Waals surface area contributed by atoms with Gasteiger partial charge >= 0.3 is 0 Å². The van der Waals surface area contributed by atoms with Gasteiger partial charge in [-0.1, -0.05) is 0 Å². The predicted molar refractivity (Wildman–Crippen MR) is 42.7 cm³/mol. The minimum absolute atomic E-state index is 0.377. The minimum atomic E-state index is -1.29. The molecule has 0 amide bonds. The summed E-state index contributed by atoms with van der Waals surface area (Å²) in [5.41, 5.74) is -2.46. The Morgan fingerprint density at radius 1 is 1.33 bits per heavy atom. The molecular weight excluding hydrogens is 159 g/mol. The van der Waals surface area contributed by atoms with E-state index in [2.05, 4.69) is 0 Å². The number of aliphatic hydroxyl groups excluding tert-OH is 3. The van der Waals surface area contributed by atoms with E-state index in [-0.39, 0.29) is 6.61 Å². The highest BCUT2D eigenvalue weighted by atomic mass is 16.6. The fraction of sp³-hybridized carbons (Fsp3) is 1.00. The quantitative estimate of drug-likeness (QED) is 0.415. The first kappa shape index (κ1) is 9.99. The van der Waals surface area contributed by atoms with Gasteiger partial charge in [0.2, 0.25) is 0 Å². The van der Waals surface area contributed by atoms with Crippen LogP contribution >= 0.6 is 0 Å². The van der Waals surface area contributed by atoms with Gasteiger partial charge in [0, 0.05) is 0 Å². The van der Waals surface area contributed by atoms with Crippen LogP contribution in [0.3, 0.4) is 0 Å². The summed E-state index contributed by atoms with van der Waals surface area (Å²) in [6.45, 7) is 2.58. The van der Waals surface area contributed by atoms with Gasteiger partial charge in [-0.2, -0.15) is 0 Å². The molecule has 1 heterocycles. The molecule has 0 spiro atoms. The number of rotatable bonds is 1. The van der Waals surface area contributed by atoms with Crippen LogP contribution in [0.2, 0.25) is 0 Å². The lowest BCUT2D eigenvalue weighted by molar-refractivity contribution is -0.106. The van der Waals surface area contributed by atoms with Crippen molar-refractivity contribution in [3.05, 3.63) is 0 Å². The van der Waals surface area contributed by atoms with E-state index >= 15 is 0 Å². The summed E-state index contributed by atoms with van der Waals surface area (Å²) in [5, 5.41) is 27.7. The van der Waals surface area contributed by atoms with Crippen molar-refractivity contribution in [2.24, 2.45) is 0 Å². The second-order valence-corrected chi connectivity index (χ2v) is 3.65.